The van der Waals surface area contributed by atoms with Gasteiger partial charge in [0, 0.05) is 30.2 Å². The lowest BCUT2D eigenvalue weighted by molar-refractivity contribution is 0.195. The average Bonchev–Trinajstić information content (AvgIpc) is 3.11. The number of nitrogens with one attached hydrogen (secondary N) is 1. The largest absolute Gasteiger partial charge is 0.333 e. The van der Waals surface area contributed by atoms with Crippen molar-refractivity contribution in [2.24, 2.45) is 11.8 Å². The van der Waals surface area contributed by atoms with Crippen LogP contribution in [0.5, 0.6) is 0 Å². The van der Waals surface area contributed by atoms with E-state index in [-0.39, 0.29) is 17.4 Å². The van der Waals surface area contributed by atoms with Crippen LogP contribution in [0.1, 0.15) is 45.1 Å². The number of hydrogen-bond donors (Lipinski definition) is 1. The third-order valence-corrected chi connectivity index (χ3v) is 5.70. The summed E-state index contributed by atoms with van der Waals surface area (Å²) in [5.74, 6) is 1.27. The van der Waals surface area contributed by atoms with E-state index in [9.17, 15) is 9.18 Å². The molecule has 1 N–H and O–H groups in total. The van der Waals surface area contributed by atoms with Crippen molar-refractivity contribution in [1.82, 2.24) is 15.2 Å². The van der Waals surface area contributed by atoms with Crippen LogP contribution in [0.25, 0.3) is 10.9 Å². The molecule has 4 rings (SSSR count). The molecule has 1 saturated carbocycles. The average molecular weight is 355 g/mol. The van der Waals surface area contributed by atoms with E-state index < -0.39 is 0 Å². The lowest BCUT2D eigenvalue weighted by atomic mass is 9.93. The van der Waals surface area contributed by atoms with E-state index in [0.29, 0.717) is 17.8 Å². The smallest absolute Gasteiger partial charge is 0.317 e. The first-order valence-electron chi connectivity index (χ1n) is 9.41. The Labute approximate surface area is 153 Å². The summed E-state index contributed by atoms with van der Waals surface area (Å²) in [6.07, 6.45) is 3.94. The maximum absolute atomic E-state index is 13.7. The van der Waals surface area contributed by atoms with Gasteiger partial charge in [-0.25, -0.2) is 9.18 Å². The van der Waals surface area contributed by atoms with Gasteiger partial charge in [0.05, 0.1) is 5.52 Å². The maximum Gasteiger partial charge on any atom is 0.317 e. The first-order valence-corrected chi connectivity index (χ1v) is 9.41. The maximum atomic E-state index is 13.7. The molecule has 26 heavy (non-hydrogen) atoms. The number of urea groups is 1. The van der Waals surface area contributed by atoms with Crippen molar-refractivity contribution >= 4 is 16.9 Å². The Balaban J connectivity index is 1.49. The molecule has 1 unspecified atom stereocenters. The van der Waals surface area contributed by atoms with E-state index in [1.807, 2.05) is 37.9 Å². The second kappa shape index (κ2) is 6.22. The Morgan fingerprint density at radius 3 is 2.54 bits per heavy atom. The molecule has 1 aliphatic carbocycles. The molecule has 1 aliphatic heterocycles. The molecule has 138 valence electrons. The fourth-order valence-electron chi connectivity index (χ4n) is 4.62. The SMILES string of the molecule is CC(C)(C)NC(=O)N1C[C@H]2CC(c3ccnc4ccc(F)cc34)C[C@H]2C1. The number of likely N-dealkylation sites (tertiary alicyclic amines) is 1. The van der Waals surface area contributed by atoms with Crippen molar-refractivity contribution in [2.75, 3.05) is 13.1 Å². The minimum atomic E-state index is -0.213. The van der Waals surface area contributed by atoms with Gasteiger partial charge in [-0.2, -0.15) is 0 Å². The molecule has 2 fully saturated rings. The zero-order valence-electron chi connectivity index (χ0n) is 15.6. The van der Waals surface area contributed by atoms with Crippen LogP contribution >= 0.6 is 0 Å². The van der Waals surface area contributed by atoms with Crippen LogP contribution in [0.15, 0.2) is 30.5 Å². The molecular formula is C21H26FN3O. The van der Waals surface area contributed by atoms with Crippen LogP contribution in [0.4, 0.5) is 9.18 Å². The molecule has 1 aromatic heterocycles. The van der Waals surface area contributed by atoms with Gasteiger partial charge in [0.25, 0.3) is 0 Å². The Kier molecular flexibility index (Phi) is 4.13. The summed E-state index contributed by atoms with van der Waals surface area (Å²) in [4.78, 5) is 18.7. The van der Waals surface area contributed by atoms with Gasteiger partial charge in [-0.1, -0.05) is 0 Å². The van der Waals surface area contributed by atoms with Crippen molar-refractivity contribution < 1.29 is 9.18 Å². The number of carbonyl (C=O) groups is 1. The zero-order chi connectivity index (χ0) is 18.5. The molecule has 4 nitrogen and oxygen atoms in total. The number of benzene rings is 1. The number of rotatable bonds is 1. The van der Waals surface area contributed by atoms with Crippen LogP contribution in [-0.4, -0.2) is 34.5 Å². The van der Waals surface area contributed by atoms with E-state index in [2.05, 4.69) is 10.3 Å². The molecule has 1 aromatic carbocycles. The summed E-state index contributed by atoms with van der Waals surface area (Å²) >= 11 is 0. The van der Waals surface area contributed by atoms with Crippen LogP contribution in [0, 0.1) is 17.7 Å². The minimum Gasteiger partial charge on any atom is -0.333 e. The Bertz CT molecular complexity index is 831. The second-order valence-electron chi connectivity index (χ2n) is 8.84. The highest BCUT2D eigenvalue weighted by atomic mass is 19.1. The normalized spacial score (nSPS) is 25.5. The van der Waals surface area contributed by atoms with E-state index in [0.717, 1.165) is 36.8 Å². The predicted molar refractivity (Wildman–Crippen MR) is 101 cm³/mol. The summed E-state index contributed by atoms with van der Waals surface area (Å²) in [6, 6.07) is 6.91. The van der Waals surface area contributed by atoms with Gasteiger partial charge in [-0.3, -0.25) is 4.98 Å². The highest BCUT2D eigenvalue weighted by Gasteiger charge is 2.43. The first kappa shape index (κ1) is 17.3. The monoisotopic (exact) mass is 355 g/mol. The Hall–Kier alpha value is -2.17. The molecule has 0 spiro atoms. The number of amides is 2. The van der Waals surface area contributed by atoms with Crippen LogP contribution in [0.2, 0.25) is 0 Å². The Morgan fingerprint density at radius 2 is 1.88 bits per heavy atom. The van der Waals surface area contributed by atoms with Gasteiger partial charge in [0.15, 0.2) is 0 Å². The van der Waals surface area contributed by atoms with Gasteiger partial charge in [0.1, 0.15) is 5.82 Å². The predicted octanol–water partition coefficient (Wildman–Crippen LogP) is 4.31. The van der Waals surface area contributed by atoms with Crippen molar-refractivity contribution in [3.05, 3.63) is 41.8 Å². The highest BCUT2D eigenvalue weighted by molar-refractivity contribution is 5.82. The molecular weight excluding hydrogens is 329 g/mol. The molecule has 2 heterocycles. The van der Waals surface area contributed by atoms with E-state index in [4.69, 9.17) is 0 Å². The summed E-state index contributed by atoms with van der Waals surface area (Å²) < 4.78 is 13.7. The van der Waals surface area contributed by atoms with Gasteiger partial charge in [0.2, 0.25) is 0 Å². The van der Waals surface area contributed by atoms with E-state index >= 15 is 0 Å². The third kappa shape index (κ3) is 3.27. The summed E-state index contributed by atoms with van der Waals surface area (Å²) in [5.41, 5.74) is 1.85. The van der Waals surface area contributed by atoms with Gasteiger partial charge >= 0.3 is 6.03 Å². The molecule has 0 radical (unpaired) electrons. The van der Waals surface area contributed by atoms with Crippen LogP contribution in [0.3, 0.4) is 0 Å². The van der Waals surface area contributed by atoms with Gasteiger partial charge < -0.3 is 10.2 Å². The van der Waals surface area contributed by atoms with Crippen molar-refractivity contribution in [2.45, 2.75) is 45.1 Å². The number of halogens is 1. The molecule has 1 saturated heterocycles. The summed E-state index contributed by atoms with van der Waals surface area (Å²) in [5, 5.41) is 3.99. The number of carbonyl (C=O) groups excluding carboxylic acids is 1. The van der Waals surface area contributed by atoms with Crippen molar-refractivity contribution in [3.8, 4) is 0 Å². The summed E-state index contributed by atoms with van der Waals surface area (Å²) in [6.45, 7) is 7.66. The van der Waals surface area contributed by atoms with Gasteiger partial charge in [-0.15, -0.1) is 0 Å². The van der Waals surface area contributed by atoms with Crippen molar-refractivity contribution in [1.29, 1.82) is 0 Å². The quantitative estimate of drug-likeness (QED) is 0.829. The minimum absolute atomic E-state index is 0.0416. The fraction of sp³-hybridized carbons (Fsp3) is 0.524. The highest BCUT2D eigenvalue weighted by Crippen LogP contribution is 2.47. The van der Waals surface area contributed by atoms with E-state index in [1.54, 1.807) is 12.1 Å². The topological polar surface area (TPSA) is 45.2 Å². The molecule has 2 aliphatic rings. The molecule has 3 atom stereocenters. The van der Waals surface area contributed by atoms with Gasteiger partial charge in [-0.05, 0) is 81.2 Å². The molecule has 0 bridgehead atoms. The summed E-state index contributed by atoms with van der Waals surface area (Å²) in [7, 11) is 0. The molecule has 2 aromatic rings. The fourth-order valence-corrected chi connectivity index (χ4v) is 4.62. The number of nitrogens with zero attached hydrogens (tertiary/aromatic N) is 2. The Morgan fingerprint density at radius 1 is 1.19 bits per heavy atom. The van der Waals surface area contributed by atoms with Crippen molar-refractivity contribution in [3.63, 3.8) is 0 Å². The molecule has 2 amide bonds. The first-order chi connectivity index (χ1) is 12.3. The van der Waals surface area contributed by atoms with Crippen LogP contribution in [-0.2, 0) is 0 Å². The molecule has 5 heteroatoms. The lowest BCUT2D eigenvalue weighted by Gasteiger charge is -2.26. The standard InChI is InChI=1S/C21H26FN3O/c1-21(2,3)24-20(26)25-11-14-8-13(9-15(14)12-25)17-6-7-23-19-5-4-16(22)10-18(17)19/h4-7,10,13-15H,8-9,11-12H2,1-3H3,(H,24,26)/t13?,14-,15+. The number of pyridine rings is 1. The number of aromatic nitrogens is 1. The number of fused-ring (bicyclic) bond motifs is 2. The third-order valence-electron chi connectivity index (χ3n) is 5.70. The second-order valence-corrected chi connectivity index (χ2v) is 8.84. The zero-order valence-corrected chi connectivity index (χ0v) is 15.6. The van der Waals surface area contributed by atoms with Crippen LogP contribution < -0.4 is 5.32 Å². The van der Waals surface area contributed by atoms with E-state index in [1.165, 1.54) is 11.6 Å². The number of hydrogen-bond acceptors (Lipinski definition) is 2. The lowest BCUT2D eigenvalue weighted by Crippen LogP contribution is -2.48.